The summed E-state index contributed by atoms with van der Waals surface area (Å²) in [6.45, 7) is -0.156. The lowest BCUT2D eigenvalue weighted by molar-refractivity contribution is -0.192. The van der Waals surface area contributed by atoms with E-state index in [1.165, 1.54) is 0 Å². The van der Waals surface area contributed by atoms with Crippen LogP contribution in [0.2, 0.25) is 0 Å². The average molecular weight is 257 g/mol. The summed E-state index contributed by atoms with van der Waals surface area (Å²) in [6.07, 6.45) is -1.19. The van der Waals surface area contributed by atoms with Crippen molar-refractivity contribution in [2.75, 3.05) is 19.7 Å². The second-order valence-electron chi connectivity index (χ2n) is 4.50. The molecule has 5 heteroatoms. The zero-order valence-electron chi connectivity index (χ0n) is 9.98. The van der Waals surface area contributed by atoms with E-state index in [1.807, 2.05) is 30.3 Å². The van der Waals surface area contributed by atoms with Crippen molar-refractivity contribution >= 4 is 0 Å². The number of nitrogens with one attached hydrogen (secondary N) is 1. The predicted octanol–water partition coefficient (Wildman–Crippen LogP) is 1.42. The first kappa shape index (κ1) is 13.4. The van der Waals surface area contributed by atoms with E-state index < -0.39 is 24.6 Å². The summed E-state index contributed by atoms with van der Waals surface area (Å²) >= 11 is 0. The molecule has 0 amide bonds. The molecule has 2 rings (SSSR count). The molecule has 0 aliphatic carbocycles. The number of hydrogen-bond donors (Lipinski definition) is 2. The molecule has 0 unspecified atom stereocenters. The van der Waals surface area contributed by atoms with Gasteiger partial charge in [-0.1, -0.05) is 30.3 Å². The summed E-state index contributed by atoms with van der Waals surface area (Å²) in [4.78, 5) is 0. The molecule has 18 heavy (non-hydrogen) atoms. The maximum Gasteiger partial charge on any atom is 0.281 e. The number of benzene rings is 1. The van der Waals surface area contributed by atoms with Crippen LogP contribution in [-0.4, -0.2) is 36.8 Å². The minimum absolute atomic E-state index is 0.107. The maximum absolute atomic E-state index is 13.9. The van der Waals surface area contributed by atoms with Crippen LogP contribution in [0.4, 0.5) is 8.78 Å². The van der Waals surface area contributed by atoms with Gasteiger partial charge in [0, 0.05) is 13.1 Å². The molecule has 1 aromatic carbocycles. The molecule has 0 bridgehead atoms. The Balaban J connectivity index is 1.96. The minimum atomic E-state index is -2.99. The first-order valence-electron chi connectivity index (χ1n) is 5.99. The third-order valence-corrected chi connectivity index (χ3v) is 3.21. The number of piperidine rings is 1. The molecule has 1 heterocycles. The number of ether oxygens (including phenoxy) is 1. The fourth-order valence-electron chi connectivity index (χ4n) is 2.05. The lowest BCUT2D eigenvalue weighted by Crippen LogP contribution is -2.57. The van der Waals surface area contributed by atoms with Crippen LogP contribution in [0.1, 0.15) is 5.56 Å². The lowest BCUT2D eigenvalue weighted by Gasteiger charge is -2.37. The number of aliphatic hydroxyl groups excluding tert-OH is 1. The molecule has 1 saturated heterocycles. The molecule has 3 nitrogen and oxygen atoms in total. The minimum Gasteiger partial charge on any atom is -0.396 e. The molecule has 1 aromatic rings. The quantitative estimate of drug-likeness (QED) is 0.857. The Labute approximate surface area is 105 Å². The Kier molecular flexibility index (Phi) is 4.27. The third kappa shape index (κ3) is 2.85. The SMILES string of the molecule is OC[C@H]1CNC[C@@H](OCc2ccccc2)C1(F)F. The van der Waals surface area contributed by atoms with E-state index in [9.17, 15) is 8.78 Å². The lowest BCUT2D eigenvalue weighted by atomic mass is 9.93. The normalized spacial score (nSPS) is 27.1. The van der Waals surface area contributed by atoms with E-state index in [4.69, 9.17) is 9.84 Å². The molecule has 0 aromatic heterocycles. The molecular weight excluding hydrogens is 240 g/mol. The van der Waals surface area contributed by atoms with Gasteiger partial charge in [0.05, 0.1) is 19.1 Å². The van der Waals surface area contributed by atoms with E-state index in [0.29, 0.717) is 0 Å². The highest BCUT2D eigenvalue weighted by atomic mass is 19.3. The Morgan fingerprint density at radius 2 is 2.00 bits per heavy atom. The largest absolute Gasteiger partial charge is 0.396 e. The monoisotopic (exact) mass is 257 g/mol. The molecule has 1 aliphatic rings. The van der Waals surface area contributed by atoms with Crippen LogP contribution in [0.15, 0.2) is 30.3 Å². The first-order valence-corrected chi connectivity index (χ1v) is 5.99. The van der Waals surface area contributed by atoms with E-state index >= 15 is 0 Å². The van der Waals surface area contributed by atoms with Crippen LogP contribution in [0.5, 0.6) is 0 Å². The van der Waals surface area contributed by atoms with Crippen molar-refractivity contribution in [3.05, 3.63) is 35.9 Å². The Morgan fingerprint density at radius 3 is 2.67 bits per heavy atom. The van der Waals surface area contributed by atoms with Gasteiger partial charge in [-0.2, -0.15) is 0 Å². The Morgan fingerprint density at radius 1 is 1.28 bits per heavy atom. The fourth-order valence-corrected chi connectivity index (χ4v) is 2.05. The molecule has 2 N–H and O–H groups in total. The summed E-state index contributed by atoms with van der Waals surface area (Å²) in [5, 5.41) is 11.8. The second-order valence-corrected chi connectivity index (χ2v) is 4.50. The number of alkyl halides is 2. The highest BCUT2D eigenvalue weighted by Gasteiger charge is 2.49. The van der Waals surface area contributed by atoms with E-state index in [1.54, 1.807) is 0 Å². The third-order valence-electron chi connectivity index (χ3n) is 3.21. The maximum atomic E-state index is 13.9. The smallest absolute Gasteiger partial charge is 0.281 e. The van der Waals surface area contributed by atoms with Crippen LogP contribution in [0, 0.1) is 5.92 Å². The standard InChI is InChI=1S/C13H17F2NO2/c14-13(15)11(8-17)6-16-7-12(13)18-9-10-4-2-1-3-5-10/h1-5,11-12,16-17H,6-9H2/t11-,12-/m1/s1. The van der Waals surface area contributed by atoms with E-state index in [2.05, 4.69) is 5.32 Å². The Bertz CT molecular complexity index is 373. The molecule has 1 fully saturated rings. The van der Waals surface area contributed by atoms with Crippen LogP contribution in [0.3, 0.4) is 0 Å². The van der Waals surface area contributed by atoms with E-state index in [0.717, 1.165) is 5.56 Å². The summed E-state index contributed by atoms with van der Waals surface area (Å²) in [5.74, 6) is -4.07. The van der Waals surface area contributed by atoms with Gasteiger partial charge in [-0.25, -0.2) is 8.78 Å². The van der Waals surface area contributed by atoms with Crippen molar-refractivity contribution in [2.24, 2.45) is 5.92 Å². The fraction of sp³-hybridized carbons (Fsp3) is 0.538. The molecule has 2 atom stereocenters. The van der Waals surface area contributed by atoms with Crippen LogP contribution in [0.25, 0.3) is 0 Å². The topological polar surface area (TPSA) is 41.5 Å². The van der Waals surface area contributed by atoms with Gasteiger partial charge >= 0.3 is 0 Å². The van der Waals surface area contributed by atoms with Crippen molar-refractivity contribution in [2.45, 2.75) is 18.6 Å². The highest BCUT2D eigenvalue weighted by molar-refractivity contribution is 5.13. The van der Waals surface area contributed by atoms with Gasteiger partial charge < -0.3 is 15.2 Å². The summed E-state index contributed by atoms with van der Waals surface area (Å²) < 4.78 is 33.1. The molecule has 0 spiro atoms. The van der Waals surface area contributed by atoms with Crippen molar-refractivity contribution in [3.8, 4) is 0 Å². The molecule has 0 saturated carbocycles. The van der Waals surface area contributed by atoms with Gasteiger partial charge in [0.1, 0.15) is 6.10 Å². The number of rotatable bonds is 4. The van der Waals surface area contributed by atoms with Gasteiger partial charge in [0.15, 0.2) is 0 Å². The van der Waals surface area contributed by atoms with Crippen molar-refractivity contribution < 1.29 is 18.6 Å². The predicted molar refractivity (Wildman–Crippen MR) is 63.4 cm³/mol. The van der Waals surface area contributed by atoms with Crippen molar-refractivity contribution in [1.82, 2.24) is 5.32 Å². The van der Waals surface area contributed by atoms with Gasteiger partial charge in [-0.3, -0.25) is 0 Å². The van der Waals surface area contributed by atoms with Crippen LogP contribution >= 0.6 is 0 Å². The van der Waals surface area contributed by atoms with Crippen molar-refractivity contribution in [3.63, 3.8) is 0 Å². The molecule has 100 valence electrons. The van der Waals surface area contributed by atoms with Crippen LogP contribution < -0.4 is 5.32 Å². The summed E-state index contributed by atoms with van der Waals surface area (Å²) in [5.41, 5.74) is 0.861. The van der Waals surface area contributed by atoms with Gasteiger partial charge in [0.25, 0.3) is 5.92 Å². The van der Waals surface area contributed by atoms with Gasteiger partial charge in [0.2, 0.25) is 0 Å². The molecule has 0 radical (unpaired) electrons. The Hall–Kier alpha value is -1.04. The molecular formula is C13H17F2NO2. The summed E-state index contributed by atoms with van der Waals surface area (Å²) in [6, 6.07) is 9.21. The zero-order valence-corrected chi connectivity index (χ0v) is 9.98. The van der Waals surface area contributed by atoms with Gasteiger partial charge in [-0.05, 0) is 5.56 Å². The van der Waals surface area contributed by atoms with Gasteiger partial charge in [-0.15, -0.1) is 0 Å². The van der Waals surface area contributed by atoms with Crippen molar-refractivity contribution in [1.29, 1.82) is 0 Å². The average Bonchev–Trinajstić information content (AvgIpc) is 2.38. The van der Waals surface area contributed by atoms with Crippen LogP contribution in [-0.2, 0) is 11.3 Å². The summed E-state index contributed by atoms with van der Waals surface area (Å²) in [7, 11) is 0. The highest BCUT2D eigenvalue weighted by Crippen LogP contribution is 2.32. The number of aliphatic hydroxyl groups is 1. The number of halogens is 2. The zero-order chi connectivity index (χ0) is 13.0. The second kappa shape index (κ2) is 5.73. The van der Waals surface area contributed by atoms with E-state index in [-0.39, 0.29) is 19.7 Å². The molecule has 1 aliphatic heterocycles. The number of hydrogen-bond acceptors (Lipinski definition) is 3. The first-order chi connectivity index (χ1) is 8.64.